The minimum atomic E-state index is 0.0695. The summed E-state index contributed by atoms with van der Waals surface area (Å²) in [4.78, 5) is 0.959. The van der Waals surface area contributed by atoms with Crippen LogP contribution in [0.15, 0.2) is 28.3 Å². The molecule has 1 aromatic carbocycles. The lowest BCUT2D eigenvalue weighted by atomic mass is 10.1. The van der Waals surface area contributed by atoms with Crippen molar-refractivity contribution in [1.29, 1.82) is 5.41 Å². The van der Waals surface area contributed by atoms with Crippen LogP contribution in [0, 0.1) is 19.3 Å². The highest BCUT2D eigenvalue weighted by Crippen LogP contribution is 2.31. The molecule has 0 aliphatic rings. The molecule has 18 heavy (non-hydrogen) atoms. The van der Waals surface area contributed by atoms with Crippen molar-refractivity contribution in [2.75, 3.05) is 0 Å². The van der Waals surface area contributed by atoms with Crippen molar-refractivity contribution in [3.05, 3.63) is 35.2 Å². The largest absolute Gasteiger partial charge is 0.384 e. The number of aryl methyl sites for hydroxylation is 2. The zero-order valence-corrected chi connectivity index (χ0v) is 11.4. The second-order valence-corrected chi connectivity index (χ2v) is 5.03. The van der Waals surface area contributed by atoms with Gasteiger partial charge in [-0.05, 0) is 31.2 Å². The van der Waals surface area contributed by atoms with Crippen LogP contribution in [0.4, 0.5) is 0 Å². The summed E-state index contributed by atoms with van der Waals surface area (Å²) >= 11 is 1.49. The van der Waals surface area contributed by atoms with Crippen molar-refractivity contribution in [2.24, 2.45) is 12.8 Å². The van der Waals surface area contributed by atoms with E-state index in [9.17, 15) is 0 Å². The minimum absolute atomic E-state index is 0.0695. The number of benzene rings is 1. The summed E-state index contributed by atoms with van der Waals surface area (Å²) in [6, 6.07) is 5.75. The van der Waals surface area contributed by atoms with Gasteiger partial charge in [-0.1, -0.05) is 18.2 Å². The van der Waals surface area contributed by atoms with E-state index < -0.39 is 0 Å². The molecule has 1 heterocycles. The van der Waals surface area contributed by atoms with E-state index in [1.165, 1.54) is 11.8 Å². The minimum Gasteiger partial charge on any atom is -0.384 e. The predicted molar refractivity (Wildman–Crippen MR) is 72.1 cm³/mol. The molecule has 0 unspecified atom stereocenters. The molecule has 0 atom stereocenters. The van der Waals surface area contributed by atoms with Crippen LogP contribution in [0.1, 0.15) is 17.0 Å². The van der Waals surface area contributed by atoms with Crippen molar-refractivity contribution < 1.29 is 0 Å². The van der Waals surface area contributed by atoms with Crippen LogP contribution in [0.5, 0.6) is 0 Å². The lowest BCUT2D eigenvalue weighted by Crippen LogP contribution is -2.13. The molecule has 0 saturated heterocycles. The Morgan fingerprint density at radius 2 is 2.06 bits per heavy atom. The van der Waals surface area contributed by atoms with Crippen LogP contribution in [-0.4, -0.2) is 20.6 Å². The number of nitrogens with one attached hydrogen (secondary N) is 1. The van der Waals surface area contributed by atoms with Crippen LogP contribution in [0.25, 0.3) is 0 Å². The zero-order valence-electron chi connectivity index (χ0n) is 10.6. The zero-order chi connectivity index (χ0) is 13.3. The summed E-state index contributed by atoms with van der Waals surface area (Å²) in [7, 11) is 1.92. The fourth-order valence-corrected chi connectivity index (χ4v) is 2.62. The van der Waals surface area contributed by atoms with Gasteiger partial charge in [0.15, 0.2) is 5.16 Å². The van der Waals surface area contributed by atoms with E-state index >= 15 is 0 Å². The van der Waals surface area contributed by atoms with E-state index in [4.69, 9.17) is 11.1 Å². The molecule has 0 saturated carbocycles. The summed E-state index contributed by atoms with van der Waals surface area (Å²) < 4.78 is 1.92. The number of rotatable bonds is 3. The molecular formula is C12H15N5S. The molecule has 0 bridgehead atoms. The number of nitrogens with two attached hydrogens (primary N) is 1. The predicted octanol–water partition coefficient (Wildman–Crippen LogP) is 1.87. The Kier molecular flexibility index (Phi) is 3.38. The van der Waals surface area contributed by atoms with Gasteiger partial charge in [0.1, 0.15) is 11.7 Å². The number of nitrogen functional groups attached to an aromatic ring is 1. The van der Waals surface area contributed by atoms with E-state index in [1.54, 1.807) is 0 Å². The first-order valence-corrected chi connectivity index (χ1v) is 6.30. The molecule has 2 rings (SSSR count). The first kappa shape index (κ1) is 12.6. The fraction of sp³-hybridized carbons (Fsp3) is 0.250. The summed E-state index contributed by atoms with van der Waals surface area (Å²) in [6.07, 6.45) is 0. The number of aromatic nitrogens is 3. The highest BCUT2D eigenvalue weighted by Gasteiger charge is 2.13. The van der Waals surface area contributed by atoms with Gasteiger partial charge in [-0.25, -0.2) is 0 Å². The first-order valence-electron chi connectivity index (χ1n) is 5.48. The van der Waals surface area contributed by atoms with Gasteiger partial charge in [-0.15, -0.1) is 10.2 Å². The van der Waals surface area contributed by atoms with Crippen molar-refractivity contribution in [3.63, 3.8) is 0 Å². The third kappa shape index (κ3) is 2.24. The van der Waals surface area contributed by atoms with E-state index in [1.807, 2.05) is 43.7 Å². The van der Waals surface area contributed by atoms with Gasteiger partial charge in [0.05, 0.1) is 0 Å². The van der Waals surface area contributed by atoms with Crippen molar-refractivity contribution in [3.8, 4) is 0 Å². The van der Waals surface area contributed by atoms with Crippen LogP contribution >= 0.6 is 11.8 Å². The second kappa shape index (κ2) is 4.81. The summed E-state index contributed by atoms with van der Waals surface area (Å²) in [5.41, 5.74) is 7.42. The molecule has 94 valence electrons. The average molecular weight is 261 g/mol. The Morgan fingerprint density at radius 1 is 1.33 bits per heavy atom. The highest BCUT2D eigenvalue weighted by molar-refractivity contribution is 7.99. The summed E-state index contributed by atoms with van der Waals surface area (Å²) in [6.45, 7) is 3.90. The van der Waals surface area contributed by atoms with E-state index in [0.717, 1.165) is 27.0 Å². The smallest absolute Gasteiger partial charge is 0.195 e. The third-order valence-electron chi connectivity index (χ3n) is 2.75. The fourth-order valence-electron chi connectivity index (χ4n) is 1.57. The molecule has 5 nitrogen and oxygen atoms in total. The van der Waals surface area contributed by atoms with Crippen LogP contribution < -0.4 is 5.73 Å². The molecule has 6 heteroatoms. The van der Waals surface area contributed by atoms with Gasteiger partial charge >= 0.3 is 0 Å². The van der Waals surface area contributed by atoms with E-state index in [-0.39, 0.29) is 5.84 Å². The number of nitrogens with zero attached hydrogens (tertiary/aromatic N) is 3. The number of hydrogen-bond acceptors (Lipinski definition) is 4. The van der Waals surface area contributed by atoms with Crippen LogP contribution in [0.2, 0.25) is 0 Å². The maximum Gasteiger partial charge on any atom is 0.195 e. The molecular weight excluding hydrogens is 246 g/mol. The molecule has 1 aromatic heterocycles. The Labute approximate surface area is 110 Å². The normalized spacial score (nSPS) is 10.6. The van der Waals surface area contributed by atoms with Gasteiger partial charge < -0.3 is 10.3 Å². The molecule has 0 radical (unpaired) electrons. The van der Waals surface area contributed by atoms with Crippen LogP contribution in [-0.2, 0) is 7.05 Å². The lowest BCUT2D eigenvalue weighted by molar-refractivity contribution is 0.765. The molecule has 0 fully saturated rings. The monoisotopic (exact) mass is 261 g/mol. The maximum absolute atomic E-state index is 7.62. The Hall–Kier alpha value is -1.82. The molecule has 0 amide bonds. The first-order chi connectivity index (χ1) is 8.50. The lowest BCUT2D eigenvalue weighted by Gasteiger charge is -2.10. The Balaban J connectivity index is 2.46. The van der Waals surface area contributed by atoms with Gasteiger partial charge in [0, 0.05) is 17.5 Å². The average Bonchev–Trinajstić information content (AvgIpc) is 2.63. The quantitative estimate of drug-likeness (QED) is 0.653. The third-order valence-corrected chi connectivity index (χ3v) is 4.03. The van der Waals surface area contributed by atoms with Gasteiger partial charge in [0.25, 0.3) is 0 Å². The van der Waals surface area contributed by atoms with Gasteiger partial charge in [-0.2, -0.15) is 0 Å². The SMILES string of the molecule is Cc1cccc(C(=N)N)c1Sc1nnc(C)n1C. The highest BCUT2D eigenvalue weighted by atomic mass is 32.2. The van der Waals surface area contributed by atoms with Crippen molar-refractivity contribution in [1.82, 2.24) is 14.8 Å². The maximum atomic E-state index is 7.62. The van der Waals surface area contributed by atoms with Crippen LogP contribution in [0.3, 0.4) is 0 Å². The molecule has 3 N–H and O–H groups in total. The van der Waals surface area contributed by atoms with Gasteiger partial charge in [-0.3, -0.25) is 5.41 Å². The molecule has 0 spiro atoms. The Morgan fingerprint density at radius 3 is 2.61 bits per heavy atom. The Bertz CT molecular complexity index is 603. The van der Waals surface area contributed by atoms with Gasteiger partial charge in [0.2, 0.25) is 0 Å². The molecule has 0 aliphatic heterocycles. The summed E-state index contributed by atoms with van der Waals surface area (Å²) in [5.74, 6) is 0.926. The number of hydrogen-bond donors (Lipinski definition) is 2. The molecule has 2 aromatic rings. The standard InChI is InChI=1S/C12H15N5S/c1-7-5-4-6-9(11(13)14)10(7)18-12-16-15-8(2)17(12)3/h4-6H,1-3H3,(H3,13,14). The van der Waals surface area contributed by atoms with E-state index in [0.29, 0.717) is 0 Å². The van der Waals surface area contributed by atoms with E-state index in [2.05, 4.69) is 10.2 Å². The van der Waals surface area contributed by atoms with Crippen molar-refractivity contribution in [2.45, 2.75) is 23.9 Å². The molecule has 0 aliphatic carbocycles. The number of amidine groups is 1. The van der Waals surface area contributed by atoms with Crippen molar-refractivity contribution >= 4 is 17.6 Å². The second-order valence-electron chi connectivity index (χ2n) is 4.06. The summed E-state index contributed by atoms with van der Waals surface area (Å²) in [5, 5.41) is 16.6. The topological polar surface area (TPSA) is 80.6 Å².